The Bertz CT molecular complexity index is 858. The Labute approximate surface area is 159 Å². The van der Waals surface area contributed by atoms with Crippen molar-refractivity contribution in [3.8, 4) is 5.75 Å². The van der Waals surface area contributed by atoms with E-state index in [2.05, 4.69) is 21.2 Å². The number of halogens is 3. The third-order valence-corrected chi connectivity index (χ3v) is 4.52. The maximum Gasteiger partial charge on any atom is 0.124 e. The van der Waals surface area contributed by atoms with Crippen LogP contribution in [0.5, 0.6) is 5.75 Å². The Morgan fingerprint density at radius 3 is 2.52 bits per heavy atom. The van der Waals surface area contributed by atoms with Crippen molar-refractivity contribution < 1.29 is 9.13 Å². The predicted octanol–water partition coefficient (Wildman–Crippen LogP) is 6.43. The summed E-state index contributed by atoms with van der Waals surface area (Å²) in [5.74, 6) is 0.400. The summed E-state index contributed by atoms with van der Waals surface area (Å²) in [4.78, 5) is 0. The molecule has 0 radical (unpaired) electrons. The van der Waals surface area contributed by atoms with Gasteiger partial charge in [0.1, 0.15) is 18.2 Å². The topological polar surface area (TPSA) is 21.3 Å². The molecule has 0 saturated heterocycles. The van der Waals surface area contributed by atoms with E-state index in [0.717, 1.165) is 27.0 Å². The molecule has 0 bridgehead atoms. The van der Waals surface area contributed by atoms with Gasteiger partial charge in [0.15, 0.2) is 0 Å². The lowest BCUT2D eigenvalue weighted by Crippen LogP contribution is -2.04. The van der Waals surface area contributed by atoms with Crippen molar-refractivity contribution in [1.82, 2.24) is 0 Å². The molecule has 3 rings (SSSR count). The highest BCUT2D eigenvalue weighted by atomic mass is 79.9. The van der Waals surface area contributed by atoms with Gasteiger partial charge >= 0.3 is 0 Å². The fraction of sp³-hybridized carbons (Fsp3) is 0.100. The van der Waals surface area contributed by atoms with Gasteiger partial charge in [0, 0.05) is 27.8 Å². The molecule has 0 spiro atoms. The van der Waals surface area contributed by atoms with Gasteiger partial charge in [-0.05, 0) is 42.5 Å². The molecule has 0 atom stereocenters. The van der Waals surface area contributed by atoms with E-state index in [1.165, 1.54) is 12.1 Å². The monoisotopic (exact) mass is 419 g/mol. The van der Waals surface area contributed by atoms with Crippen LogP contribution in [0.4, 0.5) is 10.1 Å². The number of benzene rings is 3. The quantitative estimate of drug-likeness (QED) is 0.496. The van der Waals surface area contributed by atoms with Crippen molar-refractivity contribution in [2.24, 2.45) is 0 Å². The van der Waals surface area contributed by atoms with E-state index in [0.29, 0.717) is 11.6 Å². The van der Waals surface area contributed by atoms with E-state index in [4.69, 9.17) is 16.3 Å². The Balaban J connectivity index is 1.72. The molecule has 5 heteroatoms. The SMILES string of the molecule is Fc1ccc(COc2ccc(Br)cc2CNc2ccccc2)c(Cl)c1. The number of ether oxygens (including phenoxy) is 1. The first-order valence-electron chi connectivity index (χ1n) is 7.76. The van der Waals surface area contributed by atoms with Crippen LogP contribution in [-0.2, 0) is 13.2 Å². The summed E-state index contributed by atoms with van der Waals surface area (Å²) in [7, 11) is 0. The minimum absolute atomic E-state index is 0.277. The lowest BCUT2D eigenvalue weighted by molar-refractivity contribution is 0.303. The van der Waals surface area contributed by atoms with Gasteiger partial charge in [0.05, 0.1) is 5.02 Å². The zero-order chi connectivity index (χ0) is 17.6. The number of hydrogen-bond donors (Lipinski definition) is 1. The maximum absolute atomic E-state index is 13.1. The molecule has 3 aromatic rings. The highest BCUT2D eigenvalue weighted by Gasteiger charge is 2.08. The highest BCUT2D eigenvalue weighted by molar-refractivity contribution is 9.10. The average molecular weight is 421 g/mol. The zero-order valence-corrected chi connectivity index (χ0v) is 15.6. The molecule has 0 aliphatic carbocycles. The minimum Gasteiger partial charge on any atom is -0.488 e. The van der Waals surface area contributed by atoms with E-state index in [1.54, 1.807) is 6.07 Å². The molecule has 1 N–H and O–H groups in total. The summed E-state index contributed by atoms with van der Waals surface area (Å²) in [5, 5.41) is 3.73. The maximum atomic E-state index is 13.1. The molecule has 25 heavy (non-hydrogen) atoms. The summed E-state index contributed by atoms with van der Waals surface area (Å²) >= 11 is 9.55. The smallest absolute Gasteiger partial charge is 0.124 e. The minimum atomic E-state index is -0.356. The number of anilines is 1. The van der Waals surface area contributed by atoms with Gasteiger partial charge < -0.3 is 10.1 Å². The van der Waals surface area contributed by atoms with Gasteiger partial charge in [0.2, 0.25) is 0 Å². The second-order valence-electron chi connectivity index (χ2n) is 5.50. The summed E-state index contributed by atoms with van der Waals surface area (Å²) in [5.41, 5.74) is 2.79. The Morgan fingerprint density at radius 2 is 1.76 bits per heavy atom. The second kappa shape index (κ2) is 8.37. The first kappa shape index (κ1) is 17.8. The van der Waals surface area contributed by atoms with Crippen molar-refractivity contribution in [2.75, 3.05) is 5.32 Å². The molecule has 3 aromatic carbocycles. The molecular formula is C20H16BrClFNO. The van der Waals surface area contributed by atoms with E-state index < -0.39 is 0 Å². The second-order valence-corrected chi connectivity index (χ2v) is 6.82. The lowest BCUT2D eigenvalue weighted by atomic mass is 10.2. The third kappa shape index (κ3) is 4.97. The molecule has 0 fully saturated rings. The van der Waals surface area contributed by atoms with Crippen LogP contribution in [0.3, 0.4) is 0 Å². The summed E-state index contributed by atoms with van der Waals surface area (Å²) in [6.45, 7) is 0.898. The molecule has 0 heterocycles. The largest absolute Gasteiger partial charge is 0.488 e. The van der Waals surface area contributed by atoms with E-state index in [1.807, 2.05) is 48.5 Å². The van der Waals surface area contributed by atoms with Crippen molar-refractivity contribution in [1.29, 1.82) is 0 Å². The van der Waals surface area contributed by atoms with Gasteiger partial charge in [-0.3, -0.25) is 0 Å². The Hall–Kier alpha value is -2.04. The Kier molecular flexibility index (Phi) is 5.95. The van der Waals surface area contributed by atoms with Crippen molar-refractivity contribution in [3.63, 3.8) is 0 Å². The van der Waals surface area contributed by atoms with Crippen LogP contribution in [0.15, 0.2) is 71.2 Å². The van der Waals surface area contributed by atoms with Crippen LogP contribution in [0.1, 0.15) is 11.1 Å². The standard InChI is InChI=1S/C20H16BrClFNO/c21-16-7-9-20(25-13-14-6-8-17(23)11-19(14)22)15(10-16)12-24-18-4-2-1-3-5-18/h1-11,24H,12-13H2. The van der Waals surface area contributed by atoms with E-state index in [-0.39, 0.29) is 12.4 Å². The van der Waals surface area contributed by atoms with Crippen LogP contribution < -0.4 is 10.1 Å². The van der Waals surface area contributed by atoms with Gasteiger partial charge in [-0.2, -0.15) is 0 Å². The van der Waals surface area contributed by atoms with E-state index >= 15 is 0 Å². The number of rotatable bonds is 6. The number of hydrogen-bond acceptors (Lipinski definition) is 2. The van der Waals surface area contributed by atoms with Gasteiger partial charge in [-0.25, -0.2) is 4.39 Å². The van der Waals surface area contributed by atoms with Gasteiger partial charge in [0.25, 0.3) is 0 Å². The fourth-order valence-corrected chi connectivity index (χ4v) is 3.00. The van der Waals surface area contributed by atoms with Crippen LogP contribution in [0, 0.1) is 5.82 Å². The molecule has 0 aromatic heterocycles. The molecule has 0 aliphatic rings. The van der Waals surface area contributed by atoms with Crippen molar-refractivity contribution in [2.45, 2.75) is 13.2 Å². The van der Waals surface area contributed by atoms with E-state index in [9.17, 15) is 4.39 Å². The third-order valence-electron chi connectivity index (χ3n) is 3.68. The zero-order valence-electron chi connectivity index (χ0n) is 13.3. The summed E-state index contributed by atoms with van der Waals surface area (Å²) < 4.78 is 20.0. The first-order valence-corrected chi connectivity index (χ1v) is 8.93. The number of nitrogens with one attached hydrogen (secondary N) is 1. The first-order chi connectivity index (χ1) is 12.1. The van der Waals surface area contributed by atoms with Crippen LogP contribution >= 0.6 is 27.5 Å². The van der Waals surface area contributed by atoms with Crippen LogP contribution in [0.2, 0.25) is 5.02 Å². The van der Waals surface area contributed by atoms with Crippen LogP contribution in [0.25, 0.3) is 0 Å². The number of para-hydroxylation sites is 1. The van der Waals surface area contributed by atoms with Gasteiger partial charge in [-0.15, -0.1) is 0 Å². The lowest BCUT2D eigenvalue weighted by Gasteiger charge is -2.14. The van der Waals surface area contributed by atoms with Crippen molar-refractivity contribution >= 4 is 33.2 Å². The predicted molar refractivity (Wildman–Crippen MR) is 104 cm³/mol. The summed E-state index contributed by atoms with van der Waals surface area (Å²) in [6, 6.07) is 20.1. The molecule has 2 nitrogen and oxygen atoms in total. The molecule has 0 aliphatic heterocycles. The van der Waals surface area contributed by atoms with Gasteiger partial charge in [-0.1, -0.05) is 51.8 Å². The average Bonchev–Trinajstić information content (AvgIpc) is 2.61. The fourth-order valence-electron chi connectivity index (χ4n) is 2.37. The normalized spacial score (nSPS) is 10.5. The Morgan fingerprint density at radius 1 is 0.960 bits per heavy atom. The molecule has 0 saturated carbocycles. The molecular weight excluding hydrogens is 405 g/mol. The molecule has 128 valence electrons. The van der Waals surface area contributed by atoms with Crippen molar-refractivity contribution in [3.05, 3.63) is 93.2 Å². The van der Waals surface area contributed by atoms with Crippen LogP contribution in [-0.4, -0.2) is 0 Å². The summed E-state index contributed by atoms with van der Waals surface area (Å²) in [6.07, 6.45) is 0. The molecule has 0 unspecified atom stereocenters. The highest BCUT2D eigenvalue weighted by Crippen LogP contribution is 2.26. The molecule has 0 amide bonds.